The van der Waals surface area contributed by atoms with E-state index in [1.165, 1.54) is 28.6 Å². The number of piperidine rings is 1. The number of sulfonamides is 1. The maximum atomic E-state index is 12.9. The molecule has 0 radical (unpaired) electrons. The number of rotatable bonds is 5. The second-order valence-corrected chi connectivity index (χ2v) is 9.30. The summed E-state index contributed by atoms with van der Waals surface area (Å²) in [5.74, 6) is 0.105. The summed E-state index contributed by atoms with van der Waals surface area (Å²) >= 11 is 0. The number of benzene rings is 2. The van der Waals surface area contributed by atoms with Gasteiger partial charge in [-0.05, 0) is 49.6 Å². The molecule has 0 bridgehead atoms. The quantitative estimate of drug-likeness (QED) is 0.332. The fourth-order valence-electron chi connectivity index (χ4n) is 3.64. The molecule has 4 rings (SSSR count). The minimum atomic E-state index is -3.82. The predicted octanol–water partition coefficient (Wildman–Crippen LogP) is 3.98. The number of nitro benzene ring substituents is 1. The maximum absolute atomic E-state index is 12.9. The highest BCUT2D eigenvalue weighted by molar-refractivity contribution is 7.89. The Hall–Kier alpha value is -3.24. The van der Waals surface area contributed by atoms with Crippen LogP contribution in [0.4, 0.5) is 5.69 Å². The van der Waals surface area contributed by atoms with Crippen molar-refractivity contribution in [2.24, 2.45) is 0 Å². The number of ether oxygens (including phenoxy) is 1. The molecule has 1 aliphatic heterocycles. The average molecular weight is 444 g/mol. The van der Waals surface area contributed by atoms with E-state index < -0.39 is 26.3 Å². The highest BCUT2D eigenvalue weighted by Crippen LogP contribution is 2.35. The van der Waals surface area contributed by atoms with E-state index in [4.69, 9.17) is 9.15 Å². The molecule has 0 N–H and O–H groups in total. The van der Waals surface area contributed by atoms with Crippen molar-refractivity contribution in [2.45, 2.75) is 31.1 Å². The predicted molar refractivity (Wildman–Crippen MR) is 113 cm³/mol. The molecule has 9 nitrogen and oxygen atoms in total. The van der Waals surface area contributed by atoms with Gasteiger partial charge in [-0.15, -0.1) is 0 Å². The van der Waals surface area contributed by atoms with Gasteiger partial charge < -0.3 is 9.15 Å². The summed E-state index contributed by atoms with van der Waals surface area (Å²) in [4.78, 5) is 22.4. The standard InChI is InChI=1S/C21H20N2O7S/c1-14-11-21(24)30-20-12-15(5-7-17(14)20)29-19-8-6-16(13-18(19)23(25)26)31(27,28)22-9-3-2-4-10-22/h5-8,11-13H,2-4,9-10H2,1H3. The second kappa shape index (κ2) is 8.12. The van der Waals surface area contributed by atoms with Gasteiger partial charge in [-0.25, -0.2) is 13.2 Å². The van der Waals surface area contributed by atoms with Crippen molar-refractivity contribution in [1.29, 1.82) is 0 Å². The van der Waals surface area contributed by atoms with Gasteiger partial charge in [-0.2, -0.15) is 4.31 Å². The zero-order valence-corrected chi connectivity index (χ0v) is 17.6. The van der Waals surface area contributed by atoms with E-state index in [9.17, 15) is 23.3 Å². The van der Waals surface area contributed by atoms with Crippen LogP contribution in [0.15, 0.2) is 56.6 Å². The molecule has 0 spiro atoms. The molecule has 10 heteroatoms. The molecule has 1 fully saturated rings. The minimum absolute atomic E-state index is 0.114. The third-order valence-electron chi connectivity index (χ3n) is 5.23. The summed E-state index contributed by atoms with van der Waals surface area (Å²) < 4.78 is 37.9. The van der Waals surface area contributed by atoms with E-state index in [-0.39, 0.29) is 22.0 Å². The van der Waals surface area contributed by atoms with Gasteiger partial charge in [0.1, 0.15) is 11.3 Å². The van der Waals surface area contributed by atoms with Crippen LogP contribution in [-0.4, -0.2) is 30.7 Å². The second-order valence-electron chi connectivity index (χ2n) is 7.36. The number of nitro groups is 1. The molecule has 2 aromatic carbocycles. The van der Waals surface area contributed by atoms with Gasteiger partial charge in [-0.1, -0.05) is 6.42 Å². The molecule has 0 atom stereocenters. The van der Waals surface area contributed by atoms with Gasteiger partial charge in [0, 0.05) is 36.7 Å². The number of nitrogens with zero attached hydrogens (tertiary/aromatic N) is 2. The van der Waals surface area contributed by atoms with E-state index in [2.05, 4.69) is 0 Å². The number of aryl methyl sites for hydroxylation is 1. The average Bonchev–Trinajstić information content (AvgIpc) is 2.74. The summed E-state index contributed by atoms with van der Waals surface area (Å²) in [5.41, 5.74) is 0.0368. The zero-order valence-electron chi connectivity index (χ0n) is 16.7. The van der Waals surface area contributed by atoms with Crippen LogP contribution in [0.2, 0.25) is 0 Å². The molecule has 1 saturated heterocycles. The van der Waals surface area contributed by atoms with Gasteiger partial charge >= 0.3 is 11.3 Å². The smallest absolute Gasteiger partial charge is 0.336 e. The first-order valence-corrected chi connectivity index (χ1v) is 11.2. The molecule has 2 heterocycles. The number of hydrogen-bond acceptors (Lipinski definition) is 7. The molecular weight excluding hydrogens is 424 g/mol. The van der Waals surface area contributed by atoms with Crippen LogP contribution in [0.1, 0.15) is 24.8 Å². The zero-order chi connectivity index (χ0) is 22.2. The Balaban J connectivity index is 1.70. The van der Waals surface area contributed by atoms with Gasteiger partial charge in [0.25, 0.3) is 0 Å². The molecule has 0 saturated carbocycles. The van der Waals surface area contributed by atoms with Crippen LogP contribution in [-0.2, 0) is 10.0 Å². The Morgan fingerprint density at radius 1 is 1.06 bits per heavy atom. The number of hydrogen-bond donors (Lipinski definition) is 0. The molecule has 1 aliphatic rings. The Bertz CT molecular complexity index is 1330. The molecule has 3 aromatic rings. The summed E-state index contributed by atoms with van der Waals surface area (Å²) in [6.45, 7) is 2.57. The molecule has 1 aromatic heterocycles. The Labute approximate surface area is 178 Å². The van der Waals surface area contributed by atoms with Crippen molar-refractivity contribution in [2.75, 3.05) is 13.1 Å². The van der Waals surface area contributed by atoms with Crippen LogP contribution in [0.25, 0.3) is 11.0 Å². The maximum Gasteiger partial charge on any atom is 0.336 e. The first-order valence-electron chi connectivity index (χ1n) is 9.77. The lowest BCUT2D eigenvalue weighted by molar-refractivity contribution is -0.385. The van der Waals surface area contributed by atoms with Crippen molar-refractivity contribution in [3.8, 4) is 11.5 Å². The monoisotopic (exact) mass is 444 g/mol. The van der Waals surface area contributed by atoms with Crippen molar-refractivity contribution >= 4 is 26.7 Å². The summed E-state index contributed by atoms with van der Waals surface area (Å²) in [6.07, 6.45) is 2.49. The van der Waals surface area contributed by atoms with E-state index in [1.54, 1.807) is 19.1 Å². The van der Waals surface area contributed by atoms with E-state index in [0.717, 1.165) is 30.9 Å². The summed E-state index contributed by atoms with van der Waals surface area (Å²) in [5, 5.41) is 12.3. The van der Waals surface area contributed by atoms with Crippen LogP contribution in [0, 0.1) is 17.0 Å². The molecule has 0 unspecified atom stereocenters. The van der Waals surface area contributed by atoms with E-state index >= 15 is 0 Å². The lowest BCUT2D eigenvalue weighted by atomic mass is 10.1. The molecule has 0 aliphatic carbocycles. The summed E-state index contributed by atoms with van der Waals surface area (Å²) in [7, 11) is -3.82. The fourth-order valence-corrected chi connectivity index (χ4v) is 5.17. The largest absolute Gasteiger partial charge is 0.450 e. The van der Waals surface area contributed by atoms with Crippen molar-refractivity contribution in [1.82, 2.24) is 4.31 Å². The lowest BCUT2D eigenvalue weighted by Gasteiger charge is -2.25. The molecule has 31 heavy (non-hydrogen) atoms. The topological polar surface area (TPSA) is 120 Å². The highest BCUT2D eigenvalue weighted by Gasteiger charge is 2.29. The SMILES string of the molecule is Cc1cc(=O)oc2cc(Oc3ccc(S(=O)(=O)N4CCCCC4)cc3[N+](=O)[O-])ccc12. The normalized spacial score (nSPS) is 15.1. The Kier molecular flexibility index (Phi) is 5.50. The number of fused-ring (bicyclic) bond motifs is 1. The third-order valence-corrected chi connectivity index (χ3v) is 7.13. The first-order chi connectivity index (χ1) is 14.8. The van der Waals surface area contributed by atoms with Crippen molar-refractivity contribution < 1.29 is 22.5 Å². The molecule has 0 amide bonds. The minimum Gasteiger partial charge on any atom is -0.450 e. The fraction of sp³-hybridized carbons (Fsp3) is 0.286. The lowest BCUT2D eigenvalue weighted by Crippen LogP contribution is -2.35. The van der Waals surface area contributed by atoms with E-state index in [1.807, 2.05) is 0 Å². The van der Waals surface area contributed by atoms with Crippen molar-refractivity contribution in [3.63, 3.8) is 0 Å². The molecule has 162 valence electrons. The van der Waals surface area contributed by atoms with Crippen LogP contribution >= 0.6 is 0 Å². The summed E-state index contributed by atoms with van der Waals surface area (Å²) in [6, 6.07) is 9.70. The van der Waals surface area contributed by atoms with Crippen LogP contribution in [0.5, 0.6) is 11.5 Å². The van der Waals surface area contributed by atoms with Crippen LogP contribution < -0.4 is 10.4 Å². The van der Waals surface area contributed by atoms with Crippen molar-refractivity contribution in [3.05, 3.63) is 68.6 Å². The first kappa shape index (κ1) is 21.0. The third kappa shape index (κ3) is 4.17. The van der Waals surface area contributed by atoms with Gasteiger partial charge in [0.05, 0.1) is 9.82 Å². The van der Waals surface area contributed by atoms with Gasteiger partial charge in [0.2, 0.25) is 15.8 Å². The van der Waals surface area contributed by atoms with Gasteiger partial charge in [-0.3, -0.25) is 10.1 Å². The molecular formula is C21H20N2O7S. The van der Waals surface area contributed by atoms with Gasteiger partial charge in [0.15, 0.2) is 0 Å². The van der Waals surface area contributed by atoms with Crippen LogP contribution in [0.3, 0.4) is 0 Å². The Morgan fingerprint density at radius 3 is 2.52 bits per heavy atom. The van der Waals surface area contributed by atoms with E-state index in [0.29, 0.717) is 18.5 Å². The Morgan fingerprint density at radius 2 is 1.81 bits per heavy atom. The highest BCUT2D eigenvalue weighted by atomic mass is 32.2.